The van der Waals surface area contributed by atoms with E-state index in [1.165, 1.54) is 0 Å². The van der Waals surface area contributed by atoms with E-state index in [-0.39, 0.29) is 19.1 Å². The van der Waals surface area contributed by atoms with E-state index in [9.17, 15) is 14.4 Å². The third kappa shape index (κ3) is 2.46. The van der Waals surface area contributed by atoms with Crippen LogP contribution in [0.1, 0.15) is 17.5 Å². The van der Waals surface area contributed by atoms with Gasteiger partial charge in [-0.1, -0.05) is 12.6 Å². The van der Waals surface area contributed by atoms with Crippen LogP contribution in [0.2, 0.25) is 0 Å². The number of anilines is 1. The van der Waals surface area contributed by atoms with Crippen molar-refractivity contribution in [2.75, 3.05) is 19.0 Å². The normalized spacial score (nSPS) is 21.8. The van der Waals surface area contributed by atoms with Crippen LogP contribution in [0.15, 0.2) is 30.5 Å². The van der Waals surface area contributed by atoms with Crippen LogP contribution in [0, 0.1) is 0 Å². The van der Waals surface area contributed by atoms with Gasteiger partial charge in [-0.2, -0.15) is 0 Å². The first-order chi connectivity index (χ1) is 11.4. The molecule has 2 aliphatic rings. The monoisotopic (exact) mass is 329 g/mol. The van der Waals surface area contributed by atoms with Crippen LogP contribution in [0.5, 0.6) is 0 Å². The van der Waals surface area contributed by atoms with Crippen LogP contribution in [-0.4, -0.2) is 46.9 Å². The van der Waals surface area contributed by atoms with Gasteiger partial charge in [0.15, 0.2) is 0 Å². The standard InChI is InChI=1S/C17H19N3O4/c1-10-17(20(2)16(24)18-10)8-11-3-4-13(7-12(11)9-17)19-15(23)14(22)5-6-21/h3-4,7,21H,1,5-6,8-9H2,2H3,(H,18,24)(H,19,23). The average Bonchev–Trinajstić information content (AvgIpc) is 3.02. The molecule has 3 rings (SSSR count). The number of nitrogens with zero attached hydrogens (tertiary/aromatic N) is 1. The maximum Gasteiger partial charge on any atom is 0.322 e. The van der Waals surface area contributed by atoms with Crippen LogP contribution in [0.25, 0.3) is 0 Å². The number of Topliss-reactive ketones (excluding diaryl/α,β-unsaturated/α-hetero) is 1. The van der Waals surface area contributed by atoms with Gasteiger partial charge in [-0.25, -0.2) is 4.79 Å². The van der Waals surface area contributed by atoms with E-state index in [2.05, 4.69) is 17.2 Å². The highest BCUT2D eigenvalue weighted by Gasteiger charge is 2.50. The van der Waals surface area contributed by atoms with Crippen molar-refractivity contribution >= 4 is 23.4 Å². The van der Waals surface area contributed by atoms with E-state index in [4.69, 9.17) is 5.11 Å². The highest BCUT2D eigenvalue weighted by Crippen LogP contribution is 2.41. The number of urea groups is 1. The molecule has 0 aromatic heterocycles. The Morgan fingerprint density at radius 1 is 1.38 bits per heavy atom. The lowest BCUT2D eigenvalue weighted by Crippen LogP contribution is -2.44. The molecule has 7 heteroatoms. The molecule has 0 bridgehead atoms. The summed E-state index contributed by atoms with van der Waals surface area (Å²) in [4.78, 5) is 36.8. The quantitative estimate of drug-likeness (QED) is 0.704. The van der Waals surface area contributed by atoms with Crippen molar-refractivity contribution in [2.24, 2.45) is 0 Å². The Labute approximate surface area is 139 Å². The molecule has 1 unspecified atom stereocenters. The largest absolute Gasteiger partial charge is 0.396 e. The van der Waals surface area contributed by atoms with E-state index in [1.807, 2.05) is 12.1 Å². The van der Waals surface area contributed by atoms with Gasteiger partial charge in [0.05, 0.1) is 12.1 Å². The number of hydrogen-bond acceptors (Lipinski definition) is 4. The van der Waals surface area contributed by atoms with Crippen molar-refractivity contribution in [1.29, 1.82) is 0 Å². The van der Waals surface area contributed by atoms with Crippen molar-refractivity contribution in [3.8, 4) is 0 Å². The highest BCUT2D eigenvalue weighted by atomic mass is 16.3. The number of carbonyl (C=O) groups excluding carboxylic acids is 3. The van der Waals surface area contributed by atoms with E-state index in [0.717, 1.165) is 11.1 Å². The lowest BCUT2D eigenvalue weighted by molar-refractivity contribution is -0.135. The van der Waals surface area contributed by atoms with Gasteiger partial charge in [0.1, 0.15) is 0 Å². The number of hydrogen-bond donors (Lipinski definition) is 3. The average molecular weight is 329 g/mol. The van der Waals surface area contributed by atoms with E-state index < -0.39 is 17.2 Å². The van der Waals surface area contributed by atoms with Gasteiger partial charge in [0.25, 0.3) is 5.91 Å². The summed E-state index contributed by atoms with van der Waals surface area (Å²) in [6.07, 6.45) is 1.07. The van der Waals surface area contributed by atoms with Crippen molar-refractivity contribution in [3.05, 3.63) is 41.6 Å². The molecule has 126 valence electrons. The number of amides is 3. The second kappa shape index (κ2) is 5.76. The van der Waals surface area contributed by atoms with Gasteiger partial charge in [0.2, 0.25) is 5.78 Å². The molecule has 0 radical (unpaired) electrons. The Morgan fingerprint density at radius 2 is 2.08 bits per heavy atom. The molecule has 3 N–H and O–H groups in total. The van der Waals surface area contributed by atoms with Gasteiger partial charge in [0, 0.05) is 37.7 Å². The number of aliphatic hydroxyl groups excluding tert-OH is 1. The fourth-order valence-electron chi connectivity index (χ4n) is 3.33. The molecule has 1 heterocycles. The lowest BCUT2D eigenvalue weighted by Gasteiger charge is -2.30. The maximum absolute atomic E-state index is 11.9. The van der Waals surface area contributed by atoms with Crippen LogP contribution in [0.3, 0.4) is 0 Å². The van der Waals surface area contributed by atoms with Crippen LogP contribution in [0.4, 0.5) is 10.5 Å². The lowest BCUT2D eigenvalue weighted by atomic mass is 9.92. The number of benzene rings is 1. The molecule has 1 saturated heterocycles. The summed E-state index contributed by atoms with van der Waals surface area (Å²) in [5.41, 5.74) is 2.81. The number of ketones is 1. The Morgan fingerprint density at radius 3 is 2.71 bits per heavy atom. The Bertz CT molecular complexity index is 758. The fraction of sp³-hybridized carbons (Fsp3) is 0.353. The van der Waals surface area contributed by atoms with Crippen molar-refractivity contribution in [2.45, 2.75) is 24.8 Å². The van der Waals surface area contributed by atoms with Crippen LogP contribution < -0.4 is 10.6 Å². The molecule has 7 nitrogen and oxygen atoms in total. The summed E-state index contributed by atoms with van der Waals surface area (Å²) in [6.45, 7) is 3.62. The molecule has 1 atom stereocenters. The molecule has 24 heavy (non-hydrogen) atoms. The molecule has 1 aromatic carbocycles. The predicted octanol–water partition coefficient (Wildman–Crippen LogP) is 0.583. The van der Waals surface area contributed by atoms with Crippen LogP contribution >= 0.6 is 0 Å². The second-order valence-electron chi connectivity index (χ2n) is 6.19. The molecule has 0 saturated carbocycles. The second-order valence-corrected chi connectivity index (χ2v) is 6.19. The van der Waals surface area contributed by atoms with Crippen molar-refractivity contribution < 1.29 is 19.5 Å². The number of nitrogens with one attached hydrogen (secondary N) is 2. The first kappa shape index (κ1) is 16.2. The van der Waals surface area contributed by atoms with E-state index in [0.29, 0.717) is 24.2 Å². The number of rotatable bonds is 4. The zero-order valence-electron chi connectivity index (χ0n) is 13.4. The number of carbonyl (C=O) groups is 3. The SMILES string of the molecule is C=C1NC(=O)N(C)C12Cc1ccc(NC(=O)C(=O)CCO)cc1C2. The maximum atomic E-state index is 11.9. The summed E-state index contributed by atoms with van der Waals surface area (Å²) >= 11 is 0. The molecule has 1 aliphatic carbocycles. The third-order valence-electron chi connectivity index (χ3n) is 4.79. The number of likely N-dealkylation sites (N-methyl/N-ethyl adjacent to an activating group) is 1. The zero-order valence-corrected chi connectivity index (χ0v) is 13.4. The van der Waals surface area contributed by atoms with Gasteiger partial charge >= 0.3 is 6.03 Å². The van der Waals surface area contributed by atoms with Gasteiger partial charge in [-0.05, 0) is 23.3 Å². The Kier molecular flexibility index (Phi) is 3.88. The highest BCUT2D eigenvalue weighted by molar-refractivity contribution is 6.40. The topological polar surface area (TPSA) is 98.7 Å². The minimum atomic E-state index is -0.740. The zero-order chi connectivity index (χ0) is 17.5. The Balaban J connectivity index is 1.80. The summed E-state index contributed by atoms with van der Waals surface area (Å²) in [5, 5.41) is 14.0. The molecule has 1 aromatic rings. The first-order valence-corrected chi connectivity index (χ1v) is 7.68. The molecule has 1 fully saturated rings. The van der Waals surface area contributed by atoms with Gasteiger partial charge < -0.3 is 20.6 Å². The minimum absolute atomic E-state index is 0.170. The van der Waals surface area contributed by atoms with E-state index >= 15 is 0 Å². The Hall–Kier alpha value is -2.67. The smallest absolute Gasteiger partial charge is 0.322 e. The van der Waals surface area contributed by atoms with Gasteiger partial charge in [-0.15, -0.1) is 0 Å². The molecule has 3 amide bonds. The number of aliphatic hydroxyl groups is 1. The molecule has 1 spiro atoms. The first-order valence-electron chi connectivity index (χ1n) is 7.68. The van der Waals surface area contributed by atoms with Gasteiger partial charge in [-0.3, -0.25) is 9.59 Å². The fourth-order valence-corrected chi connectivity index (χ4v) is 3.33. The molecule has 1 aliphatic heterocycles. The molecular formula is C17H19N3O4. The van der Waals surface area contributed by atoms with Crippen molar-refractivity contribution in [1.82, 2.24) is 10.2 Å². The minimum Gasteiger partial charge on any atom is -0.396 e. The predicted molar refractivity (Wildman–Crippen MR) is 87.4 cm³/mol. The summed E-state index contributed by atoms with van der Waals surface area (Å²) < 4.78 is 0. The van der Waals surface area contributed by atoms with Crippen LogP contribution in [-0.2, 0) is 22.4 Å². The summed E-state index contributed by atoms with van der Waals surface area (Å²) in [7, 11) is 1.75. The van der Waals surface area contributed by atoms with E-state index in [1.54, 1.807) is 18.0 Å². The summed E-state index contributed by atoms with van der Waals surface area (Å²) in [5.74, 6) is -1.40. The molecular weight excluding hydrogens is 310 g/mol. The number of fused-ring (bicyclic) bond motifs is 1. The third-order valence-corrected chi connectivity index (χ3v) is 4.79. The summed E-state index contributed by atoms with van der Waals surface area (Å²) in [6, 6.07) is 5.27. The van der Waals surface area contributed by atoms with Crippen molar-refractivity contribution in [3.63, 3.8) is 0 Å².